The van der Waals surface area contributed by atoms with E-state index in [1.807, 2.05) is 0 Å². The molecular formula is C39H75NO5S. The van der Waals surface area contributed by atoms with E-state index in [1.165, 1.54) is 128 Å². The third-order valence-corrected chi connectivity index (χ3v) is 9.08. The highest BCUT2D eigenvalue weighted by molar-refractivity contribution is 7.81. The zero-order valence-electron chi connectivity index (χ0n) is 30.6. The molecule has 0 heterocycles. The lowest BCUT2D eigenvalue weighted by atomic mass is 10.0. The summed E-state index contributed by atoms with van der Waals surface area (Å²) in [5.41, 5.74) is 0. The molecule has 272 valence electrons. The van der Waals surface area contributed by atoms with Crippen LogP contribution in [0.2, 0.25) is 0 Å². The maximum absolute atomic E-state index is 12.6. The van der Waals surface area contributed by atoms with E-state index in [9.17, 15) is 14.4 Å². The topological polar surface area (TPSA) is 81.7 Å². The summed E-state index contributed by atoms with van der Waals surface area (Å²) in [5, 5.41) is 2.39. The number of esters is 2. The molecular weight excluding hydrogens is 594 g/mol. The van der Waals surface area contributed by atoms with Crippen LogP contribution in [0.5, 0.6) is 0 Å². The van der Waals surface area contributed by atoms with Crippen molar-refractivity contribution in [3.8, 4) is 0 Å². The van der Waals surface area contributed by atoms with Crippen LogP contribution in [-0.2, 0) is 23.9 Å². The lowest BCUT2D eigenvalue weighted by molar-refractivity contribution is -0.159. The molecule has 2 atom stereocenters. The van der Waals surface area contributed by atoms with Gasteiger partial charge in [0, 0.05) is 25.8 Å². The first kappa shape index (κ1) is 44.8. The monoisotopic (exact) mass is 670 g/mol. The minimum absolute atomic E-state index is 0.0356. The Morgan fingerprint density at radius 3 is 1.26 bits per heavy atom. The Kier molecular flexibility index (Phi) is 34.1. The highest BCUT2D eigenvalue weighted by atomic mass is 32.1. The van der Waals surface area contributed by atoms with E-state index < -0.39 is 11.4 Å². The van der Waals surface area contributed by atoms with Gasteiger partial charge in [-0.25, -0.2) is 0 Å². The van der Waals surface area contributed by atoms with Gasteiger partial charge in [-0.2, -0.15) is 12.6 Å². The molecule has 0 aliphatic carbocycles. The van der Waals surface area contributed by atoms with Crippen LogP contribution in [0.25, 0.3) is 0 Å². The van der Waals surface area contributed by atoms with Crippen LogP contribution in [-0.4, -0.2) is 42.4 Å². The van der Waals surface area contributed by atoms with E-state index in [0.717, 1.165) is 38.5 Å². The van der Waals surface area contributed by atoms with E-state index in [1.54, 1.807) is 6.92 Å². The number of ether oxygens (including phenoxy) is 2. The quantitative estimate of drug-likeness (QED) is 0.0399. The fourth-order valence-electron chi connectivity index (χ4n) is 5.76. The summed E-state index contributed by atoms with van der Waals surface area (Å²) >= 11 is 4.16. The molecule has 0 saturated carbocycles. The van der Waals surface area contributed by atoms with Crippen molar-refractivity contribution in [3.63, 3.8) is 0 Å². The first-order valence-electron chi connectivity index (χ1n) is 19.7. The highest BCUT2D eigenvalue weighted by Crippen LogP contribution is 2.15. The van der Waals surface area contributed by atoms with Gasteiger partial charge in [-0.05, 0) is 19.8 Å². The molecule has 6 nitrogen and oxygen atoms in total. The normalized spacial score (nSPS) is 12.5. The van der Waals surface area contributed by atoms with E-state index in [-0.39, 0.29) is 24.5 Å². The minimum Gasteiger partial charge on any atom is -0.462 e. The minimum atomic E-state index is -0.555. The zero-order valence-corrected chi connectivity index (χ0v) is 31.5. The Balaban J connectivity index is 4.07. The summed E-state index contributed by atoms with van der Waals surface area (Å²) < 4.78 is 11.2. The van der Waals surface area contributed by atoms with Gasteiger partial charge in [-0.1, -0.05) is 168 Å². The molecule has 1 amide bonds. The summed E-state index contributed by atoms with van der Waals surface area (Å²) in [6.45, 7) is 6.61. The number of unbranched alkanes of at least 4 members (excludes halogenated alkanes) is 24. The van der Waals surface area contributed by atoms with Gasteiger partial charge in [-0.3, -0.25) is 14.4 Å². The average molecular weight is 670 g/mol. The predicted octanol–water partition coefficient (Wildman–Crippen LogP) is 11.2. The largest absolute Gasteiger partial charge is 0.462 e. The molecule has 0 radical (unpaired) electrons. The van der Waals surface area contributed by atoms with Crippen LogP contribution < -0.4 is 5.32 Å². The van der Waals surface area contributed by atoms with Gasteiger partial charge in [0.05, 0.1) is 5.25 Å². The van der Waals surface area contributed by atoms with Crippen molar-refractivity contribution in [3.05, 3.63) is 0 Å². The molecule has 0 saturated heterocycles. The van der Waals surface area contributed by atoms with Gasteiger partial charge in [0.2, 0.25) is 5.91 Å². The molecule has 0 rings (SSSR count). The second kappa shape index (κ2) is 35.1. The van der Waals surface area contributed by atoms with Gasteiger partial charge in [-0.15, -0.1) is 0 Å². The lowest BCUT2D eigenvalue weighted by Gasteiger charge is -2.19. The third-order valence-electron chi connectivity index (χ3n) is 8.84. The number of hydrogen-bond acceptors (Lipinski definition) is 6. The van der Waals surface area contributed by atoms with Gasteiger partial charge in [0.25, 0.3) is 0 Å². The molecule has 0 aromatic carbocycles. The zero-order chi connectivity index (χ0) is 33.9. The number of carbonyl (C=O) groups is 3. The van der Waals surface area contributed by atoms with Crippen molar-refractivity contribution in [2.75, 3.05) is 13.2 Å². The van der Waals surface area contributed by atoms with Gasteiger partial charge in [0.15, 0.2) is 0 Å². The fourth-order valence-corrected chi connectivity index (χ4v) is 5.85. The van der Waals surface area contributed by atoms with E-state index in [4.69, 9.17) is 9.47 Å². The Labute approximate surface area is 290 Å². The molecule has 0 spiro atoms. The van der Waals surface area contributed by atoms with Gasteiger partial charge >= 0.3 is 11.9 Å². The number of thiol groups is 1. The molecule has 0 bridgehead atoms. The lowest BCUT2D eigenvalue weighted by Crippen LogP contribution is -2.34. The van der Waals surface area contributed by atoms with E-state index in [2.05, 4.69) is 31.8 Å². The Bertz CT molecular complexity index is 702. The van der Waals surface area contributed by atoms with Crippen LogP contribution in [0.15, 0.2) is 0 Å². The van der Waals surface area contributed by atoms with Crippen molar-refractivity contribution in [2.24, 2.45) is 0 Å². The number of rotatable bonds is 35. The summed E-state index contributed by atoms with van der Waals surface area (Å²) in [7, 11) is 0. The van der Waals surface area contributed by atoms with Crippen molar-refractivity contribution in [1.29, 1.82) is 0 Å². The molecule has 0 aromatic rings. The SMILES string of the molecule is CCCCCCCCCCCCCCCC(=O)OCC(CCNC(=O)C(C)S)OC(=O)CCCCCCCCCCCCCCC. The van der Waals surface area contributed by atoms with Crippen molar-refractivity contribution < 1.29 is 23.9 Å². The third kappa shape index (κ3) is 32.7. The molecule has 0 aliphatic heterocycles. The molecule has 0 aliphatic rings. The van der Waals surface area contributed by atoms with Crippen LogP contribution in [0.4, 0.5) is 0 Å². The van der Waals surface area contributed by atoms with E-state index >= 15 is 0 Å². The molecule has 46 heavy (non-hydrogen) atoms. The summed E-state index contributed by atoms with van der Waals surface area (Å²) in [6.07, 6.45) is 33.4. The molecule has 2 unspecified atom stereocenters. The Morgan fingerprint density at radius 2 is 0.891 bits per heavy atom. The van der Waals surface area contributed by atoms with Crippen molar-refractivity contribution in [1.82, 2.24) is 5.32 Å². The smallest absolute Gasteiger partial charge is 0.306 e. The molecule has 1 N–H and O–H groups in total. The average Bonchev–Trinajstić information content (AvgIpc) is 3.04. The van der Waals surface area contributed by atoms with Gasteiger partial charge in [0.1, 0.15) is 12.7 Å². The second-order valence-electron chi connectivity index (χ2n) is 13.5. The maximum Gasteiger partial charge on any atom is 0.306 e. The highest BCUT2D eigenvalue weighted by Gasteiger charge is 2.18. The van der Waals surface area contributed by atoms with Crippen LogP contribution in [0, 0.1) is 0 Å². The Morgan fingerprint density at radius 1 is 0.543 bits per heavy atom. The summed E-state index contributed by atoms with van der Waals surface area (Å²) in [6, 6.07) is 0. The summed E-state index contributed by atoms with van der Waals surface area (Å²) in [4.78, 5) is 36.8. The molecule has 7 heteroatoms. The first-order valence-corrected chi connectivity index (χ1v) is 20.2. The second-order valence-corrected chi connectivity index (χ2v) is 14.3. The van der Waals surface area contributed by atoms with Gasteiger partial charge < -0.3 is 14.8 Å². The maximum atomic E-state index is 12.6. The van der Waals surface area contributed by atoms with Crippen LogP contribution >= 0.6 is 12.6 Å². The Hall–Kier alpha value is -1.24. The predicted molar refractivity (Wildman–Crippen MR) is 198 cm³/mol. The fraction of sp³-hybridized carbons (Fsp3) is 0.923. The molecule has 0 fully saturated rings. The number of hydrogen-bond donors (Lipinski definition) is 2. The van der Waals surface area contributed by atoms with Crippen molar-refractivity contribution in [2.45, 2.75) is 218 Å². The van der Waals surface area contributed by atoms with E-state index in [0.29, 0.717) is 25.8 Å². The first-order chi connectivity index (χ1) is 22.4. The summed E-state index contributed by atoms with van der Waals surface area (Å²) in [5.74, 6) is -0.664. The number of nitrogens with one attached hydrogen (secondary N) is 1. The van der Waals surface area contributed by atoms with Crippen LogP contribution in [0.1, 0.15) is 207 Å². The van der Waals surface area contributed by atoms with Crippen LogP contribution in [0.3, 0.4) is 0 Å². The number of carbonyl (C=O) groups excluding carboxylic acids is 3. The number of amides is 1. The molecule has 0 aromatic heterocycles. The standard InChI is InChI=1S/C39H75NO5S/c1-4-6-8-10-12-14-16-18-20-22-24-26-28-30-37(41)44-34-36(32-33-40-39(43)35(3)46)45-38(42)31-29-27-25-23-21-19-17-15-13-11-9-7-5-2/h35-36,46H,4-34H2,1-3H3,(H,40,43). The van der Waals surface area contributed by atoms with Crippen molar-refractivity contribution >= 4 is 30.5 Å².